The highest BCUT2D eigenvalue weighted by Crippen LogP contribution is 2.32. The van der Waals surface area contributed by atoms with Gasteiger partial charge in [0.2, 0.25) is 0 Å². The number of nitrogens with one attached hydrogen (secondary N) is 1. The molecule has 1 atom stereocenters. The molecule has 0 unspecified atom stereocenters. The monoisotopic (exact) mass is 312 g/mol. The van der Waals surface area contributed by atoms with Crippen LogP contribution in [0.15, 0.2) is 42.5 Å². The summed E-state index contributed by atoms with van der Waals surface area (Å²) in [6.07, 6.45) is 0.663. The van der Waals surface area contributed by atoms with E-state index >= 15 is 0 Å². The molecular formula is C17H16N2O4. The molecule has 0 aliphatic carbocycles. The summed E-state index contributed by atoms with van der Waals surface area (Å²) >= 11 is 0. The van der Waals surface area contributed by atoms with Gasteiger partial charge in [-0.25, -0.2) is 0 Å². The van der Waals surface area contributed by atoms with Crippen LogP contribution in [-0.2, 0) is 0 Å². The minimum Gasteiger partial charge on any atom is -0.493 e. The zero-order valence-electron chi connectivity index (χ0n) is 12.6. The molecule has 3 rings (SSSR count). The Labute approximate surface area is 133 Å². The van der Waals surface area contributed by atoms with Crippen molar-refractivity contribution in [2.75, 3.05) is 6.61 Å². The lowest BCUT2D eigenvalue weighted by Gasteiger charge is -2.26. The molecule has 0 fully saturated rings. The van der Waals surface area contributed by atoms with Crippen molar-refractivity contribution in [2.24, 2.45) is 0 Å². The predicted octanol–water partition coefficient (Wildman–Crippen LogP) is 3.16. The summed E-state index contributed by atoms with van der Waals surface area (Å²) in [7, 11) is 0. The van der Waals surface area contributed by atoms with Gasteiger partial charge in [0.05, 0.1) is 17.6 Å². The SMILES string of the molecule is Cc1c(C(=O)N[C@@H]2CCOc3ccccc32)cccc1[N+](=O)[O-]. The lowest BCUT2D eigenvalue weighted by Crippen LogP contribution is -2.32. The van der Waals surface area contributed by atoms with Gasteiger partial charge in [-0.05, 0) is 19.1 Å². The fourth-order valence-corrected chi connectivity index (χ4v) is 2.80. The van der Waals surface area contributed by atoms with Gasteiger partial charge in [0.1, 0.15) is 5.75 Å². The molecule has 0 saturated carbocycles. The van der Waals surface area contributed by atoms with Gasteiger partial charge in [-0.1, -0.05) is 24.3 Å². The number of carbonyl (C=O) groups is 1. The number of benzene rings is 2. The molecule has 0 bridgehead atoms. The average Bonchev–Trinajstić information content (AvgIpc) is 2.55. The van der Waals surface area contributed by atoms with E-state index in [0.29, 0.717) is 24.2 Å². The Morgan fingerprint density at radius 3 is 2.83 bits per heavy atom. The fraction of sp³-hybridized carbons (Fsp3) is 0.235. The molecule has 0 aromatic heterocycles. The van der Waals surface area contributed by atoms with Crippen LogP contribution in [0.2, 0.25) is 0 Å². The summed E-state index contributed by atoms with van der Waals surface area (Å²) in [6, 6.07) is 11.9. The van der Waals surface area contributed by atoms with E-state index in [-0.39, 0.29) is 17.6 Å². The predicted molar refractivity (Wildman–Crippen MR) is 84.6 cm³/mol. The summed E-state index contributed by atoms with van der Waals surface area (Å²) < 4.78 is 5.57. The minimum absolute atomic E-state index is 0.0509. The van der Waals surface area contributed by atoms with E-state index in [1.54, 1.807) is 13.0 Å². The number of nitro benzene ring substituents is 1. The number of para-hydroxylation sites is 1. The molecule has 1 heterocycles. The first-order valence-electron chi connectivity index (χ1n) is 7.34. The van der Waals surface area contributed by atoms with E-state index in [0.717, 1.165) is 11.3 Å². The Morgan fingerprint density at radius 1 is 1.26 bits per heavy atom. The quantitative estimate of drug-likeness (QED) is 0.697. The topological polar surface area (TPSA) is 81.5 Å². The Kier molecular flexibility index (Phi) is 3.97. The van der Waals surface area contributed by atoms with Gasteiger partial charge in [-0.3, -0.25) is 14.9 Å². The highest BCUT2D eigenvalue weighted by Gasteiger charge is 2.25. The number of ether oxygens (including phenoxy) is 1. The van der Waals surface area contributed by atoms with Crippen LogP contribution in [-0.4, -0.2) is 17.4 Å². The smallest absolute Gasteiger partial charge is 0.273 e. The third-order valence-corrected chi connectivity index (χ3v) is 4.01. The summed E-state index contributed by atoms with van der Waals surface area (Å²) in [5.74, 6) is 0.452. The van der Waals surface area contributed by atoms with Crippen molar-refractivity contribution in [3.05, 3.63) is 69.3 Å². The Bertz CT molecular complexity index is 773. The average molecular weight is 312 g/mol. The maximum Gasteiger partial charge on any atom is 0.273 e. The van der Waals surface area contributed by atoms with Gasteiger partial charge < -0.3 is 10.1 Å². The second-order valence-corrected chi connectivity index (χ2v) is 5.41. The number of amides is 1. The normalized spacial score (nSPS) is 16.1. The van der Waals surface area contributed by atoms with Gasteiger partial charge in [0, 0.05) is 29.2 Å². The maximum atomic E-state index is 12.5. The van der Waals surface area contributed by atoms with E-state index in [1.165, 1.54) is 12.1 Å². The van der Waals surface area contributed by atoms with Crippen molar-refractivity contribution in [1.29, 1.82) is 0 Å². The van der Waals surface area contributed by atoms with Crippen LogP contribution in [0.1, 0.15) is 33.9 Å². The minimum atomic E-state index is -0.476. The third-order valence-electron chi connectivity index (χ3n) is 4.01. The van der Waals surface area contributed by atoms with Gasteiger partial charge in [0.25, 0.3) is 11.6 Å². The van der Waals surface area contributed by atoms with Gasteiger partial charge >= 0.3 is 0 Å². The van der Waals surface area contributed by atoms with E-state index in [1.807, 2.05) is 24.3 Å². The molecule has 1 amide bonds. The summed E-state index contributed by atoms with van der Waals surface area (Å²) in [5.41, 5.74) is 1.57. The molecule has 1 aliphatic rings. The van der Waals surface area contributed by atoms with Crippen LogP contribution in [0.3, 0.4) is 0 Å². The van der Waals surface area contributed by atoms with E-state index in [2.05, 4.69) is 5.32 Å². The van der Waals surface area contributed by atoms with Crippen LogP contribution in [0.25, 0.3) is 0 Å². The van der Waals surface area contributed by atoms with Crippen molar-refractivity contribution >= 4 is 11.6 Å². The van der Waals surface area contributed by atoms with Crippen LogP contribution in [0.4, 0.5) is 5.69 Å². The Balaban J connectivity index is 1.86. The molecule has 0 saturated heterocycles. The van der Waals surface area contributed by atoms with Crippen molar-refractivity contribution in [2.45, 2.75) is 19.4 Å². The van der Waals surface area contributed by atoms with E-state index in [4.69, 9.17) is 4.74 Å². The third kappa shape index (κ3) is 2.88. The largest absolute Gasteiger partial charge is 0.493 e. The first kappa shape index (κ1) is 15.0. The standard InChI is InChI=1S/C17H16N2O4/c1-11-12(6-4-7-15(11)19(21)22)17(20)18-14-9-10-23-16-8-3-2-5-13(14)16/h2-8,14H,9-10H2,1H3,(H,18,20)/t14-/m1/s1. The zero-order chi connectivity index (χ0) is 16.4. The zero-order valence-corrected chi connectivity index (χ0v) is 12.6. The lowest BCUT2D eigenvalue weighted by molar-refractivity contribution is -0.385. The number of rotatable bonds is 3. The number of nitro groups is 1. The van der Waals surface area contributed by atoms with Crippen molar-refractivity contribution in [3.8, 4) is 5.75 Å². The van der Waals surface area contributed by atoms with E-state index < -0.39 is 4.92 Å². The molecule has 0 radical (unpaired) electrons. The highest BCUT2D eigenvalue weighted by molar-refractivity contribution is 5.96. The van der Waals surface area contributed by atoms with Gasteiger partial charge in [0.15, 0.2) is 0 Å². The number of hydrogen-bond acceptors (Lipinski definition) is 4. The van der Waals surface area contributed by atoms with Gasteiger partial charge in [-0.15, -0.1) is 0 Å². The van der Waals surface area contributed by atoms with Crippen LogP contribution >= 0.6 is 0 Å². The van der Waals surface area contributed by atoms with Crippen molar-refractivity contribution < 1.29 is 14.5 Å². The van der Waals surface area contributed by atoms with Crippen LogP contribution < -0.4 is 10.1 Å². The van der Waals surface area contributed by atoms with Crippen molar-refractivity contribution in [3.63, 3.8) is 0 Å². The second kappa shape index (κ2) is 6.08. The van der Waals surface area contributed by atoms with Crippen LogP contribution in [0, 0.1) is 17.0 Å². The molecular weight excluding hydrogens is 296 g/mol. The van der Waals surface area contributed by atoms with E-state index in [9.17, 15) is 14.9 Å². The summed E-state index contributed by atoms with van der Waals surface area (Å²) in [4.78, 5) is 23.1. The number of nitrogens with zero attached hydrogens (tertiary/aromatic N) is 1. The lowest BCUT2D eigenvalue weighted by atomic mass is 9.99. The second-order valence-electron chi connectivity index (χ2n) is 5.41. The molecule has 2 aromatic carbocycles. The maximum absolute atomic E-state index is 12.5. The Hall–Kier alpha value is -2.89. The number of fused-ring (bicyclic) bond motifs is 1. The molecule has 6 nitrogen and oxygen atoms in total. The molecule has 6 heteroatoms. The highest BCUT2D eigenvalue weighted by atomic mass is 16.6. The molecule has 2 aromatic rings. The first-order chi connectivity index (χ1) is 11.1. The van der Waals surface area contributed by atoms with Gasteiger partial charge in [-0.2, -0.15) is 0 Å². The molecule has 118 valence electrons. The Morgan fingerprint density at radius 2 is 2.04 bits per heavy atom. The number of hydrogen-bond donors (Lipinski definition) is 1. The molecule has 0 spiro atoms. The summed E-state index contributed by atoms with van der Waals surface area (Å²) in [5, 5.41) is 14.0. The molecule has 1 N–H and O–H groups in total. The first-order valence-corrected chi connectivity index (χ1v) is 7.34. The molecule has 23 heavy (non-hydrogen) atoms. The molecule has 1 aliphatic heterocycles. The van der Waals surface area contributed by atoms with Crippen LogP contribution in [0.5, 0.6) is 5.75 Å². The fourth-order valence-electron chi connectivity index (χ4n) is 2.80. The number of carbonyl (C=O) groups excluding carboxylic acids is 1. The summed E-state index contributed by atoms with van der Waals surface area (Å²) in [6.45, 7) is 2.11. The van der Waals surface area contributed by atoms with Crippen molar-refractivity contribution in [1.82, 2.24) is 5.32 Å².